The number of hydrogen-bond donors (Lipinski definition) is 3. The number of aromatic nitrogens is 4. The molecule has 2 aromatic heterocycles. The van der Waals surface area contributed by atoms with Crippen molar-refractivity contribution in [1.82, 2.24) is 25.3 Å². The Morgan fingerprint density at radius 3 is 2.47 bits per heavy atom. The summed E-state index contributed by atoms with van der Waals surface area (Å²) in [5.41, 5.74) is 14.3. The van der Waals surface area contributed by atoms with Gasteiger partial charge in [0.25, 0.3) is 5.91 Å². The molecule has 10 heteroatoms. The van der Waals surface area contributed by atoms with E-state index in [1.807, 2.05) is 13.0 Å². The Labute approximate surface area is 181 Å². The molecule has 0 spiro atoms. The molecule has 0 radical (unpaired) electrons. The van der Waals surface area contributed by atoms with Crippen molar-refractivity contribution in [2.45, 2.75) is 6.92 Å². The molecule has 5 N–H and O–H groups in total. The van der Waals surface area contributed by atoms with Crippen molar-refractivity contribution in [1.29, 1.82) is 0 Å². The second-order valence-electron chi connectivity index (χ2n) is 7.00. The van der Waals surface area contributed by atoms with Gasteiger partial charge in [-0.05, 0) is 48.9 Å². The van der Waals surface area contributed by atoms with E-state index in [-0.39, 0.29) is 18.2 Å². The Bertz CT molecular complexity index is 1360. The summed E-state index contributed by atoms with van der Waals surface area (Å²) < 4.78 is 13.5. The number of carbonyl (C=O) groups is 2. The van der Waals surface area contributed by atoms with Crippen molar-refractivity contribution in [3.05, 3.63) is 66.0 Å². The Morgan fingerprint density at radius 2 is 1.75 bits per heavy atom. The van der Waals surface area contributed by atoms with E-state index >= 15 is 0 Å². The van der Waals surface area contributed by atoms with Crippen LogP contribution in [0.5, 0.6) is 0 Å². The molecule has 9 nitrogen and oxygen atoms in total. The van der Waals surface area contributed by atoms with Crippen LogP contribution in [0.2, 0.25) is 0 Å². The lowest BCUT2D eigenvalue weighted by molar-refractivity contribution is -0.117. The molecule has 0 unspecified atom stereocenters. The third-order valence-electron chi connectivity index (χ3n) is 4.81. The lowest BCUT2D eigenvalue weighted by Gasteiger charge is -2.15. The molecule has 32 heavy (non-hydrogen) atoms. The van der Waals surface area contributed by atoms with Crippen molar-refractivity contribution in [3.8, 4) is 22.4 Å². The van der Waals surface area contributed by atoms with Crippen LogP contribution in [-0.2, 0) is 4.79 Å². The van der Waals surface area contributed by atoms with Crippen LogP contribution in [0.3, 0.4) is 0 Å². The number of carbonyl (C=O) groups excluding carboxylic acids is 2. The van der Waals surface area contributed by atoms with Crippen molar-refractivity contribution >= 4 is 28.7 Å². The van der Waals surface area contributed by atoms with Gasteiger partial charge in [-0.15, -0.1) is 0 Å². The van der Waals surface area contributed by atoms with E-state index in [4.69, 9.17) is 11.5 Å². The van der Waals surface area contributed by atoms with Gasteiger partial charge in [-0.1, -0.05) is 6.07 Å². The van der Waals surface area contributed by atoms with Gasteiger partial charge in [0.1, 0.15) is 17.8 Å². The van der Waals surface area contributed by atoms with E-state index in [0.29, 0.717) is 22.4 Å². The average Bonchev–Trinajstić information content (AvgIpc) is 2.77. The van der Waals surface area contributed by atoms with Gasteiger partial charge in [0.2, 0.25) is 11.9 Å². The van der Waals surface area contributed by atoms with E-state index in [2.05, 4.69) is 25.3 Å². The topological polar surface area (TPSA) is 150 Å². The third kappa shape index (κ3) is 4.06. The Balaban J connectivity index is 1.99. The Kier molecular flexibility index (Phi) is 5.42. The largest absolute Gasteiger partial charge is 0.368 e. The number of benzene rings is 2. The van der Waals surface area contributed by atoms with Gasteiger partial charge in [-0.25, -0.2) is 24.3 Å². The van der Waals surface area contributed by atoms with Crippen LogP contribution >= 0.6 is 0 Å². The van der Waals surface area contributed by atoms with E-state index < -0.39 is 17.6 Å². The zero-order valence-corrected chi connectivity index (χ0v) is 17.0. The normalized spacial score (nSPS) is 10.8. The Morgan fingerprint density at radius 1 is 1.03 bits per heavy atom. The summed E-state index contributed by atoms with van der Waals surface area (Å²) in [6.45, 7) is 1.47. The molecule has 0 aliphatic heterocycles. The second kappa shape index (κ2) is 8.34. The average molecular weight is 431 g/mol. The number of nitrogens with zero attached hydrogens (tertiary/aromatic N) is 4. The highest BCUT2D eigenvalue weighted by molar-refractivity contribution is 6.04. The molecule has 0 aliphatic carbocycles. The summed E-state index contributed by atoms with van der Waals surface area (Å²) in [7, 11) is 0. The number of hydrogen-bond acceptors (Lipinski definition) is 7. The first kappa shape index (κ1) is 20.8. The SMILES string of the molecule is Cc1ncnc2ccc(-c3c(C(=O)NCC(N)=O)nc(N)nc3-c3ccc(F)cc3)cc12. The highest BCUT2D eigenvalue weighted by Gasteiger charge is 2.23. The monoisotopic (exact) mass is 431 g/mol. The fraction of sp³-hybridized carbons (Fsp3) is 0.0909. The van der Waals surface area contributed by atoms with Crippen LogP contribution < -0.4 is 16.8 Å². The van der Waals surface area contributed by atoms with E-state index in [1.165, 1.54) is 30.6 Å². The molecule has 0 saturated carbocycles. The van der Waals surface area contributed by atoms with E-state index in [0.717, 1.165) is 16.6 Å². The molecule has 0 aliphatic rings. The zero-order valence-electron chi connectivity index (χ0n) is 17.0. The number of amides is 2. The van der Waals surface area contributed by atoms with Crippen LogP contribution in [0, 0.1) is 12.7 Å². The third-order valence-corrected chi connectivity index (χ3v) is 4.81. The summed E-state index contributed by atoms with van der Waals surface area (Å²) in [5, 5.41) is 3.20. The minimum atomic E-state index is -0.709. The van der Waals surface area contributed by atoms with Gasteiger partial charge in [0.05, 0.1) is 17.8 Å². The summed E-state index contributed by atoms with van der Waals surface area (Å²) >= 11 is 0. The number of rotatable bonds is 5. The molecule has 0 bridgehead atoms. The summed E-state index contributed by atoms with van der Waals surface area (Å²) in [6.07, 6.45) is 1.47. The molecule has 160 valence electrons. The predicted molar refractivity (Wildman–Crippen MR) is 117 cm³/mol. The van der Waals surface area contributed by atoms with E-state index in [9.17, 15) is 14.0 Å². The smallest absolute Gasteiger partial charge is 0.271 e. The first-order valence-corrected chi connectivity index (χ1v) is 9.55. The fourth-order valence-corrected chi connectivity index (χ4v) is 3.32. The number of fused-ring (bicyclic) bond motifs is 1. The highest BCUT2D eigenvalue weighted by Crippen LogP contribution is 2.35. The standard InChI is InChI=1S/C22H18FN7O2/c1-11-15-8-13(4-7-16(15)28-10-27-11)18-19(12-2-5-14(23)6-3-12)29-22(25)30-20(18)21(32)26-9-17(24)31/h2-8,10H,9H2,1H3,(H2,24,31)(H,26,32)(H2,25,29,30). The minimum Gasteiger partial charge on any atom is -0.368 e. The van der Waals surface area contributed by atoms with Crippen LogP contribution in [0.15, 0.2) is 48.8 Å². The van der Waals surface area contributed by atoms with Crippen LogP contribution in [0.4, 0.5) is 10.3 Å². The van der Waals surface area contributed by atoms with Crippen LogP contribution in [0.1, 0.15) is 16.2 Å². The summed E-state index contributed by atoms with van der Waals surface area (Å²) in [5.74, 6) is -1.94. The molecule has 2 heterocycles. The van der Waals surface area contributed by atoms with Crippen molar-refractivity contribution in [2.75, 3.05) is 12.3 Å². The zero-order chi connectivity index (χ0) is 22.8. The first-order chi connectivity index (χ1) is 15.3. The number of anilines is 1. The highest BCUT2D eigenvalue weighted by atomic mass is 19.1. The van der Waals surface area contributed by atoms with Gasteiger partial charge < -0.3 is 16.8 Å². The minimum absolute atomic E-state index is 0.0491. The maximum Gasteiger partial charge on any atom is 0.271 e. The van der Waals surface area contributed by atoms with Crippen molar-refractivity contribution in [3.63, 3.8) is 0 Å². The molecule has 2 amide bonds. The molecule has 4 aromatic rings. The lowest BCUT2D eigenvalue weighted by Crippen LogP contribution is -2.34. The van der Waals surface area contributed by atoms with Crippen LogP contribution in [-0.4, -0.2) is 38.3 Å². The Hall–Kier alpha value is -4.47. The quantitative estimate of drug-likeness (QED) is 0.437. The molecule has 0 atom stereocenters. The van der Waals surface area contributed by atoms with Crippen molar-refractivity contribution < 1.29 is 14.0 Å². The van der Waals surface area contributed by atoms with Gasteiger partial charge in [0.15, 0.2) is 0 Å². The summed E-state index contributed by atoms with van der Waals surface area (Å²) in [4.78, 5) is 41.0. The van der Waals surface area contributed by atoms with Gasteiger partial charge in [-0.3, -0.25) is 9.59 Å². The number of aryl methyl sites for hydroxylation is 1. The van der Waals surface area contributed by atoms with Crippen molar-refractivity contribution in [2.24, 2.45) is 5.73 Å². The lowest BCUT2D eigenvalue weighted by atomic mass is 9.95. The van der Waals surface area contributed by atoms with Gasteiger partial charge in [-0.2, -0.15) is 0 Å². The van der Waals surface area contributed by atoms with Crippen LogP contribution in [0.25, 0.3) is 33.3 Å². The maximum atomic E-state index is 13.5. The summed E-state index contributed by atoms with van der Waals surface area (Å²) in [6, 6.07) is 11.0. The molecule has 4 rings (SSSR count). The number of primary amides is 1. The number of nitrogens with one attached hydrogen (secondary N) is 1. The molecular formula is C22H18FN7O2. The molecule has 0 fully saturated rings. The number of halogens is 1. The van der Waals surface area contributed by atoms with Gasteiger partial charge >= 0.3 is 0 Å². The fourth-order valence-electron chi connectivity index (χ4n) is 3.32. The molecule has 2 aromatic carbocycles. The molecule has 0 saturated heterocycles. The number of nitrogen functional groups attached to an aromatic ring is 1. The second-order valence-corrected chi connectivity index (χ2v) is 7.00. The maximum absolute atomic E-state index is 13.5. The van der Waals surface area contributed by atoms with E-state index in [1.54, 1.807) is 12.1 Å². The first-order valence-electron chi connectivity index (χ1n) is 9.55. The van der Waals surface area contributed by atoms with Gasteiger partial charge in [0, 0.05) is 22.2 Å². The molecular weight excluding hydrogens is 413 g/mol. The number of nitrogens with two attached hydrogens (primary N) is 2. The predicted octanol–water partition coefficient (Wildman–Crippen LogP) is 2.00.